The minimum absolute atomic E-state index is 0.0112. The molecule has 0 unspecified atom stereocenters. The Balaban J connectivity index is 2.54. The van der Waals surface area contributed by atoms with Gasteiger partial charge in [-0.15, -0.1) is 0 Å². The van der Waals surface area contributed by atoms with Crippen molar-refractivity contribution in [2.75, 3.05) is 11.9 Å². The van der Waals surface area contributed by atoms with Gasteiger partial charge in [-0.1, -0.05) is 6.07 Å². The quantitative estimate of drug-likeness (QED) is 0.576. The van der Waals surface area contributed by atoms with Crippen molar-refractivity contribution < 1.29 is 19.5 Å². The van der Waals surface area contributed by atoms with Crippen LogP contribution < -0.4 is 16.0 Å². The Labute approximate surface area is 129 Å². The topological polar surface area (TPSA) is 108 Å². The summed E-state index contributed by atoms with van der Waals surface area (Å²) in [6, 6.07) is 6.21. The first-order valence-corrected chi connectivity index (χ1v) is 7.06. The van der Waals surface area contributed by atoms with Crippen LogP contribution in [0.2, 0.25) is 0 Å². The van der Waals surface area contributed by atoms with Crippen molar-refractivity contribution in [2.24, 2.45) is 0 Å². The number of amides is 3. The van der Waals surface area contributed by atoms with Crippen LogP contribution in [0.4, 0.5) is 10.5 Å². The lowest BCUT2D eigenvalue weighted by Crippen LogP contribution is -2.34. The summed E-state index contributed by atoms with van der Waals surface area (Å²) < 4.78 is 0. The van der Waals surface area contributed by atoms with Gasteiger partial charge in [0.2, 0.25) is 0 Å². The molecule has 0 aromatic heterocycles. The van der Waals surface area contributed by atoms with Crippen LogP contribution in [0.15, 0.2) is 24.3 Å². The number of hydrogen-bond acceptors (Lipinski definition) is 3. The summed E-state index contributed by atoms with van der Waals surface area (Å²) in [6.07, 6.45) is 0.382. The third kappa shape index (κ3) is 6.74. The smallest absolute Gasteiger partial charge is 0.319 e. The van der Waals surface area contributed by atoms with Crippen molar-refractivity contribution in [2.45, 2.75) is 32.7 Å². The first kappa shape index (κ1) is 17.5. The summed E-state index contributed by atoms with van der Waals surface area (Å²) in [6.45, 7) is 3.98. The molecule has 0 aliphatic carbocycles. The summed E-state index contributed by atoms with van der Waals surface area (Å²) in [7, 11) is 0. The first-order valence-electron chi connectivity index (χ1n) is 7.06. The molecule has 0 atom stereocenters. The number of anilines is 1. The molecule has 0 radical (unpaired) electrons. The summed E-state index contributed by atoms with van der Waals surface area (Å²) in [5.74, 6) is -1.20. The highest BCUT2D eigenvalue weighted by atomic mass is 16.4. The van der Waals surface area contributed by atoms with E-state index in [1.807, 2.05) is 13.8 Å². The van der Waals surface area contributed by atoms with E-state index in [1.54, 1.807) is 24.3 Å². The number of urea groups is 1. The number of nitrogens with one attached hydrogen (secondary N) is 3. The molecular formula is C15H21N3O4. The van der Waals surface area contributed by atoms with Gasteiger partial charge in [0, 0.05) is 30.3 Å². The van der Waals surface area contributed by atoms with Crippen molar-refractivity contribution >= 4 is 23.6 Å². The molecule has 1 rings (SSSR count). The predicted octanol–water partition coefficient (Wildman–Crippen LogP) is 1.81. The average molecular weight is 307 g/mol. The van der Waals surface area contributed by atoms with E-state index in [0.717, 1.165) is 0 Å². The molecule has 4 N–H and O–H groups in total. The number of aliphatic carboxylic acids is 1. The molecule has 0 spiro atoms. The van der Waals surface area contributed by atoms with E-state index in [2.05, 4.69) is 16.0 Å². The van der Waals surface area contributed by atoms with Gasteiger partial charge in [-0.2, -0.15) is 0 Å². The van der Waals surface area contributed by atoms with Crippen LogP contribution >= 0.6 is 0 Å². The van der Waals surface area contributed by atoms with Gasteiger partial charge in [-0.3, -0.25) is 9.59 Å². The lowest BCUT2D eigenvalue weighted by atomic mass is 10.2. The van der Waals surface area contributed by atoms with Crippen molar-refractivity contribution in [1.29, 1.82) is 0 Å². The molecule has 0 saturated carbocycles. The molecule has 0 saturated heterocycles. The van der Waals surface area contributed by atoms with Crippen LogP contribution in [0.1, 0.15) is 37.0 Å². The molecule has 0 aliphatic heterocycles. The van der Waals surface area contributed by atoms with Gasteiger partial charge in [0.1, 0.15) is 0 Å². The lowest BCUT2D eigenvalue weighted by Gasteiger charge is -2.11. The molecule has 0 bridgehead atoms. The van der Waals surface area contributed by atoms with Crippen LogP contribution in [0.3, 0.4) is 0 Å². The Morgan fingerprint density at radius 3 is 2.59 bits per heavy atom. The summed E-state index contributed by atoms with van der Waals surface area (Å²) >= 11 is 0. The fourth-order valence-corrected chi connectivity index (χ4v) is 1.71. The second-order valence-corrected chi connectivity index (χ2v) is 5.09. The van der Waals surface area contributed by atoms with Crippen LogP contribution in [-0.2, 0) is 4.79 Å². The van der Waals surface area contributed by atoms with E-state index < -0.39 is 5.97 Å². The minimum atomic E-state index is -0.892. The fraction of sp³-hybridized carbons (Fsp3) is 0.400. The van der Waals surface area contributed by atoms with Crippen molar-refractivity contribution in [3.05, 3.63) is 29.8 Å². The second kappa shape index (κ2) is 8.66. The molecule has 1 aromatic carbocycles. The number of carbonyl (C=O) groups excluding carboxylic acids is 2. The van der Waals surface area contributed by atoms with Crippen molar-refractivity contribution in [3.63, 3.8) is 0 Å². The zero-order valence-electron chi connectivity index (χ0n) is 12.7. The summed E-state index contributed by atoms with van der Waals surface area (Å²) in [5.41, 5.74) is 0.911. The highest BCUT2D eigenvalue weighted by Gasteiger charge is 2.08. The van der Waals surface area contributed by atoms with Crippen LogP contribution in [0.25, 0.3) is 0 Å². The lowest BCUT2D eigenvalue weighted by molar-refractivity contribution is -0.137. The number of hydrogen-bond donors (Lipinski definition) is 4. The van der Waals surface area contributed by atoms with E-state index >= 15 is 0 Å². The Kier molecular flexibility index (Phi) is 6.88. The van der Waals surface area contributed by atoms with Crippen molar-refractivity contribution in [3.8, 4) is 0 Å². The van der Waals surface area contributed by atoms with Crippen LogP contribution in [0.5, 0.6) is 0 Å². The van der Waals surface area contributed by atoms with E-state index in [1.165, 1.54) is 0 Å². The first-order chi connectivity index (χ1) is 10.4. The van der Waals surface area contributed by atoms with Gasteiger partial charge >= 0.3 is 12.0 Å². The molecule has 3 amide bonds. The van der Waals surface area contributed by atoms with E-state index in [-0.39, 0.29) is 30.9 Å². The number of benzene rings is 1. The zero-order valence-corrected chi connectivity index (χ0v) is 12.7. The summed E-state index contributed by atoms with van der Waals surface area (Å²) in [4.78, 5) is 33.9. The van der Waals surface area contributed by atoms with Crippen molar-refractivity contribution in [1.82, 2.24) is 10.6 Å². The number of carboxylic acids is 1. The molecule has 120 valence electrons. The SMILES string of the molecule is CC(C)NC(=O)Nc1cccc(C(=O)NCCCC(=O)O)c1. The number of rotatable bonds is 7. The van der Waals surface area contributed by atoms with E-state index in [9.17, 15) is 14.4 Å². The summed E-state index contributed by atoms with van der Waals surface area (Å²) in [5, 5.41) is 16.5. The Bertz CT molecular complexity index is 543. The largest absolute Gasteiger partial charge is 0.481 e. The molecule has 7 heteroatoms. The predicted molar refractivity (Wildman–Crippen MR) is 82.9 cm³/mol. The standard InChI is InChI=1S/C15H21N3O4/c1-10(2)17-15(22)18-12-6-3-5-11(9-12)14(21)16-8-4-7-13(19)20/h3,5-6,9-10H,4,7-8H2,1-2H3,(H,16,21)(H,19,20)(H2,17,18,22). The maximum absolute atomic E-state index is 11.9. The number of carbonyl (C=O) groups is 3. The number of carboxylic acid groups (broad SMARTS) is 1. The van der Waals surface area contributed by atoms with Gasteiger partial charge in [0.15, 0.2) is 0 Å². The Morgan fingerprint density at radius 2 is 1.95 bits per heavy atom. The third-order valence-corrected chi connectivity index (χ3v) is 2.66. The molecule has 0 heterocycles. The van der Waals surface area contributed by atoms with E-state index in [4.69, 9.17) is 5.11 Å². The maximum Gasteiger partial charge on any atom is 0.319 e. The monoisotopic (exact) mass is 307 g/mol. The average Bonchev–Trinajstić information content (AvgIpc) is 2.42. The van der Waals surface area contributed by atoms with Gasteiger partial charge < -0.3 is 21.1 Å². The van der Waals surface area contributed by atoms with Gasteiger partial charge in [0.05, 0.1) is 0 Å². The Hall–Kier alpha value is -2.57. The van der Waals surface area contributed by atoms with Gasteiger partial charge in [0.25, 0.3) is 5.91 Å². The minimum Gasteiger partial charge on any atom is -0.481 e. The highest BCUT2D eigenvalue weighted by Crippen LogP contribution is 2.10. The van der Waals surface area contributed by atoms with E-state index in [0.29, 0.717) is 17.7 Å². The maximum atomic E-state index is 11.9. The molecule has 7 nitrogen and oxygen atoms in total. The van der Waals surface area contributed by atoms with Crippen LogP contribution in [0, 0.1) is 0 Å². The molecule has 0 aliphatic rings. The highest BCUT2D eigenvalue weighted by molar-refractivity contribution is 5.96. The van der Waals surface area contributed by atoms with Gasteiger partial charge in [-0.25, -0.2) is 4.79 Å². The molecule has 1 aromatic rings. The molecule has 0 fully saturated rings. The third-order valence-electron chi connectivity index (χ3n) is 2.66. The fourth-order valence-electron chi connectivity index (χ4n) is 1.71. The Morgan fingerprint density at radius 1 is 1.23 bits per heavy atom. The molecular weight excluding hydrogens is 286 g/mol. The van der Waals surface area contributed by atoms with Gasteiger partial charge in [-0.05, 0) is 38.5 Å². The second-order valence-electron chi connectivity index (χ2n) is 5.09. The zero-order chi connectivity index (χ0) is 16.5. The normalized spacial score (nSPS) is 10.1. The van der Waals surface area contributed by atoms with Crippen LogP contribution in [-0.4, -0.2) is 35.6 Å². The molecule has 22 heavy (non-hydrogen) atoms.